The van der Waals surface area contributed by atoms with Gasteiger partial charge in [0.25, 0.3) is 0 Å². The lowest BCUT2D eigenvalue weighted by atomic mass is 10.1. The van der Waals surface area contributed by atoms with E-state index in [0.717, 1.165) is 58.3 Å². The maximum absolute atomic E-state index is 5.43. The van der Waals surface area contributed by atoms with E-state index in [2.05, 4.69) is 69.6 Å². The average molecular weight is 362 g/mol. The van der Waals surface area contributed by atoms with E-state index in [4.69, 9.17) is 4.74 Å². The summed E-state index contributed by atoms with van der Waals surface area (Å²) >= 11 is 0. The van der Waals surface area contributed by atoms with Gasteiger partial charge in [-0.2, -0.15) is 0 Å². The fraction of sp³-hybridized carbons (Fsp3) is 0.650. The minimum Gasteiger partial charge on any atom is -0.377 e. The molecule has 1 heterocycles. The highest BCUT2D eigenvalue weighted by Gasteiger charge is 2.18. The van der Waals surface area contributed by atoms with E-state index in [1.165, 1.54) is 5.56 Å². The zero-order chi connectivity index (χ0) is 18.8. The van der Waals surface area contributed by atoms with Gasteiger partial charge < -0.3 is 15.4 Å². The highest BCUT2D eigenvalue weighted by atomic mass is 16.5. The molecule has 146 valence electrons. The monoisotopic (exact) mass is 361 g/mol. The highest BCUT2D eigenvalue weighted by Crippen LogP contribution is 2.08. The van der Waals surface area contributed by atoms with E-state index in [9.17, 15) is 0 Å². The number of benzene rings is 1. The first-order valence-electron chi connectivity index (χ1n) is 9.51. The molecule has 0 radical (unpaired) electrons. The van der Waals surface area contributed by atoms with Crippen molar-refractivity contribution in [2.24, 2.45) is 4.99 Å². The molecule has 0 aromatic heterocycles. The molecule has 6 nitrogen and oxygen atoms in total. The first kappa shape index (κ1) is 20.7. The van der Waals surface area contributed by atoms with Gasteiger partial charge in [-0.15, -0.1) is 0 Å². The summed E-state index contributed by atoms with van der Waals surface area (Å²) in [4.78, 5) is 9.33. The zero-order valence-corrected chi connectivity index (χ0v) is 16.8. The third-order valence-corrected chi connectivity index (χ3v) is 4.89. The number of guanidine groups is 1. The van der Waals surface area contributed by atoms with Crippen LogP contribution in [0.2, 0.25) is 0 Å². The van der Waals surface area contributed by atoms with Crippen LogP contribution >= 0.6 is 0 Å². The van der Waals surface area contributed by atoms with Crippen LogP contribution in [0.5, 0.6) is 0 Å². The molecule has 1 aliphatic rings. The van der Waals surface area contributed by atoms with Crippen molar-refractivity contribution in [2.45, 2.75) is 26.0 Å². The highest BCUT2D eigenvalue weighted by molar-refractivity contribution is 5.79. The lowest BCUT2D eigenvalue weighted by Gasteiger charge is -2.34. The molecule has 1 aromatic rings. The Morgan fingerprint density at radius 1 is 1.08 bits per heavy atom. The standard InChI is InChI=1S/C20H35N5O/c1-20(2,26-4)17-23-19(21-3)22-10-11-24-12-14-25(15-13-24)16-18-8-6-5-7-9-18/h5-9H,10-17H2,1-4H3,(H2,21,22,23). The molecule has 6 heteroatoms. The number of nitrogens with one attached hydrogen (secondary N) is 2. The van der Waals surface area contributed by atoms with Crippen molar-refractivity contribution < 1.29 is 4.74 Å². The quantitative estimate of drug-likeness (QED) is 0.541. The van der Waals surface area contributed by atoms with Crippen molar-refractivity contribution in [2.75, 3.05) is 60.0 Å². The largest absolute Gasteiger partial charge is 0.377 e. The molecule has 0 unspecified atom stereocenters. The summed E-state index contributed by atoms with van der Waals surface area (Å²) in [6.07, 6.45) is 0. The van der Waals surface area contributed by atoms with Crippen LogP contribution in [-0.2, 0) is 11.3 Å². The van der Waals surface area contributed by atoms with E-state index >= 15 is 0 Å². The second-order valence-electron chi connectivity index (χ2n) is 7.42. The van der Waals surface area contributed by atoms with Crippen LogP contribution in [0.25, 0.3) is 0 Å². The molecule has 0 spiro atoms. The zero-order valence-electron chi connectivity index (χ0n) is 16.8. The summed E-state index contributed by atoms with van der Waals surface area (Å²) in [7, 11) is 3.53. The molecule has 0 atom stereocenters. The normalized spacial score (nSPS) is 17.3. The molecule has 2 rings (SSSR count). The van der Waals surface area contributed by atoms with Crippen molar-refractivity contribution in [1.82, 2.24) is 20.4 Å². The molecule has 2 N–H and O–H groups in total. The first-order chi connectivity index (χ1) is 12.5. The van der Waals surface area contributed by atoms with Gasteiger partial charge in [-0.25, -0.2) is 0 Å². The maximum Gasteiger partial charge on any atom is 0.191 e. The van der Waals surface area contributed by atoms with Crippen LogP contribution in [0, 0.1) is 0 Å². The third-order valence-electron chi connectivity index (χ3n) is 4.89. The van der Waals surface area contributed by atoms with Crippen LogP contribution in [0.3, 0.4) is 0 Å². The fourth-order valence-corrected chi connectivity index (χ4v) is 2.93. The summed E-state index contributed by atoms with van der Waals surface area (Å²) in [5.74, 6) is 0.831. The smallest absolute Gasteiger partial charge is 0.191 e. The summed E-state index contributed by atoms with van der Waals surface area (Å²) < 4.78 is 5.43. The molecule has 0 aliphatic carbocycles. The molecule has 26 heavy (non-hydrogen) atoms. The third kappa shape index (κ3) is 7.32. The van der Waals surface area contributed by atoms with Crippen molar-refractivity contribution in [3.8, 4) is 0 Å². The van der Waals surface area contributed by atoms with Crippen LogP contribution in [0.1, 0.15) is 19.4 Å². The van der Waals surface area contributed by atoms with Gasteiger partial charge in [-0.3, -0.25) is 14.8 Å². The Kier molecular flexibility index (Phi) is 8.35. The molecular weight excluding hydrogens is 326 g/mol. The van der Waals surface area contributed by atoms with Gasteiger partial charge in [-0.1, -0.05) is 30.3 Å². The Labute approximate surface area is 158 Å². The van der Waals surface area contributed by atoms with Crippen molar-refractivity contribution in [3.63, 3.8) is 0 Å². The van der Waals surface area contributed by atoms with Crippen molar-refractivity contribution >= 4 is 5.96 Å². The molecule has 1 aliphatic heterocycles. The number of aliphatic imine (C=N–C) groups is 1. The summed E-state index contributed by atoms with van der Waals surface area (Å²) in [6.45, 7) is 12.3. The number of rotatable bonds is 8. The molecule has 1 aromatic carbocycles. The predicted molar refractivity (Wildman–Crippen MR) is 109 cm³/mol. The summed E-state index contributed by atoms with van der Waals surface area (Å²) in [5, 5.41) is 6.71. The van der Waals surface area contributed by atoms with Crippen molar-refractivity contribution in [1.29, 1.82) is 0 Å². The van der Waals surface area contributed by atoms with Gasteiger partial charge >= 0.3 is 0 Å². The Balaban J connectivity index is 1.62. The molecule has 1 saturated heterocycles. The van der Waals surface area contributed by atoms with E-state index in [0.29, 0.717) is 0 Å². The maximum atomic E-state index is 5.43. The topological polar surface area (TPSA) is 52.1 Å². The Morgan fingerprint density at radius 2 is 1.73 bits per heavy atom. The first-order valence-corrected chi connectivity index (χ1v) is 9.51. The fourth-order valence-electron chi connectivity index (χ4n) is 2.93. The lowest BCUT2D eigenvalue weighted by Crippen LogP contribution is -2.50. The SMILES string of the molecule is CN=C(NCCN1CCN(Cc2ccccc2)CC1)NCC(C)(C)OC. The van der Waals surface area contributed by atoms with Crippen LogP contribution < -0.4 is 10.6 Å². The summed E-state index contributed by atoms with van der Waals surface area (Å²) in [5.41, 5.74) is 1.20. The van der Waals surface area contributed by atoms with Crippen LogP contribution in [0.4, 0.5) is 0 Å². The van der Waals surface area contributed by atoms with Gasteiger partial charge in [0.15, 0.2) is 5.96 Å². The minimum atomic E-state index is -0.202. The number of ether oxygens (including phenoxy) is 1. The number of hydrogen-bond acceptors (Lipinski definition) is 4. The van der Waals surface area contributed by atoms with E-state index in [-0.39, 0.29) is 5.60 Å². The average Bonchev–Trinajstić information content (AvgIpc) is 2.66. The van der Waals surface area contributed by atoms with E-state index in [1.807, 2.05) is 0 Å². The summed E-state index contributed by atoms with van der Waals surface area (Å²) in [6, 6.07) is 10.7. The van der Waals surface area contributed by atoms with E-state index < -0.39 is 0 Å². The molecule has 0 saturated carbocycles. The number of nitrogens with zero attached hydrogens (tertiary/aromatic N) is 3. The van der Waals surface area contributed by atoms with Crippen LogP contribution in [0.15, 0.2) is 35.3 Å². The van der Waals surface area contributed by atoms with E-state index in [1.54, 1.807) is 14.2 Å². The van der Waals surface area contributed by atoms with Gasteiger partial charge in [0.2, 0.25) is 0 Å². The molecular formula is C20H35N5O. The second kappa shape index (κ2) is 10.5. The Hall–Kier alpha value is -1.63. The second-order valence-corrected chi connectivity index (χ2v) is 7.42. The number of piperazine rings is 1. The van der Waals surface area contributed by atoms with Gasteiger partial charge in [0, 0.05) is 66.5 Å². The Bertz CT molecular complexity index is 538. The number of methoxy groups -OCH3 is 1. The van der Waals surface area contributed by atoms with Gasteiger partial charge in [0.1, 0.15) is 0 Å². The van der Waals surface area contributed by atoms with Crippen LogP contribution in [-0.4, -0.2) is 81.3 Å². The Morgan fingerprint density at radius 3 is 2.35 bits per heavy atom. The number of hydrogen-bond donors (Lipinski definition) is 2. The lowest BCUT2D eigenvalue weighted by molar-refractivity contribution is 0.0268. The molecule has 0 amide bonds. The minimum absolute atomic E-state index is 0.202. The van der Waals surface area contributed by atoms with Gasteiger partial charge in [0.05, 0.1) is 5.60 Å². The van der Waals surface area contributed by atoms with Gasteiger partial charge in [-0.05, 0) is 19.4 Å². The van der Waals surface area contributed by atoms with Crippen molar-refractivity contribution in [3.05, 3.63) is 35.9 Å². The predicted octanol–water partition coefficient (Wildman–Crippen LogP) is 1.39. The molecule has 0 bridgehead atoms. The molecule has 1 fully saturated rings.